The minimum absolute atomic E-state index is 0.612. The van der Waals surface area contributed by atoms with Crippen molar-refractivity contribution in [3.8, 4) is 17.3 Å². The maximum atomic E-state index is 9.06. The maximum Gasteiger partial charge on any atom is 0.0991 e. The largest absolute Gasteiger partial charge is 0.300 e. The lowest BCUT2D eigenvalue weighted by Gasteiger charge is -2.35. The van der Waals surface area contributed by atoms with Gasteiger partial charge in [0.2, 0.25) is 0 Å². The van der Waals surface area contributed by atoms with Gasteiger partial charge >= 0.3 is 0 Å². The number of nitrogens with zero attached hydrogens (tertiary/aromatic N) is 3. The minimum atomic E-state index is 0.612. The molecule has 124 valence electrons. The van der Waals surface area contributed by atoms with Crippen molar-refractivity contribution < 1.29 is 0 Å². The van der Waals surface area contributed by atoms with E-state index in [1.807, 2.05) is 24.3 Å². The van der Waals surface area contributed by atoms with Crippen molar-refractivity contribution in [1.29, 1.82) is 5.26 Å². The topological polar surface area (TPSA) is 39.9 Å². The van der Waals surface area contributed by atoms with Crippen LogP contribution < -0.4 is 0 Å². The molecule has 1 saturated heterocycles. The van der Waals surface area contributed by atoms with E-state index >= 15 is 0 Å². The number of aromatic nitrogens is 1. The number of hydrogen-bond acceptors (Lipinski definition) is 4. The van der Waals surface area contributed by atoms with Gasteiger partial charge in [0.1, 0.15) is 0 Å². The minimum Gasteiger partial charge on any atom is -0.300 e. The highest BCUT2D eigenvalue weighted by atomic mass is 32.1. The molecule has 1 aliphatic heterocycles. The summed E-state index contributed by atoms with van der Waals surface area (Å²) in [5, 5.41) is 12.5. The average Bonchev–Trinajstić information content (AvgIpc) is 3.34. The van der Waals surface area contributed by atoms with E-state index < -0.39 is 0 Å². The quantitative estimate of drug-likeness (QED) is 0.807. The Morgan fingerprint density at radius 3 is 2.67 bits per heavy atom. The summed E-state index contributed by atoms with van der Waals surface area (Å²) in [6, 6.07) is 10.8. The van der Waals surface area contributed by atoms with E-state index in [-0.39, 0.29) is 0 Å². The van der Waals surface area contributed by atoms with Crippen molar-refractivity contribution >= 4 is 11.3 Å². The first-order valence-corrected chi connectivity index (χ1v) is 9.91. The summed E-state index contributed by atoms with van der Waals surface area (Å²) in [5.74, 6) is 0.612. The standard InChI is InChI=1S/C20H23N3S/c21-13-15-4-3-5-17(12-15)19-14-24-20(22-19)16-8-10-23(11-9-16)18-6-1-2-7-18/h3-5,12,14,16,18H,1-2,6-11H2. The molecule has 4 rings (SSSR count). The van der Waals surface area contributed by atoms with E-state index in [4.69, 9.17) is 10.2 Å². The molecule has 2 aliphatic rings. The Balaban J connectivity index is 1.43. The molecule has 0 atom stereocenters. The maximum absolute atomic E-state index is 9.06. The van der Waals surface area contributed by atoms with Gasteiger partial charge in [0.15, 0.2) is 0 Å². The molecule has 0 bridgehead atoms. The van der Waals surface area contributed by atoms with Gasteiger partial charge in [-0.15, -0.1) is 11.3 Å². The molecule has 0 N–H and O–H groups in total. The van der Waals surface area contributed by atoms with Crippen molar-refractivity contribution in [3.05, 3.63) is 40.2 Å². The number of hydrogen-bond donors (Lipinski definition) is 0. The Kier molecular flexibility index (Phi) is 4.64. The van der Waals surface area contributed by atoms with Crippen LogP contribution in [0.15, 0.2) is 29.6 Å². The SMILES string of the molecule is N#Cc1cccc(-c2csc(C3CCN(C4CCCC4)CC3)n2)c1. The summed E-state index contributed by atoms with van der Waals surface area (Å²) >= 11 is 1.79. The molecule has 1 aromatic carbocycles. The van der Waals surface area contributed by atoms with Gasteiger partial charge in [-0.25, -0.2) is 4.98 Å². The monoisotopic (exact) mass is 337 g/mol. The normalized spacial score (nSPS) is 20.3. The third-order valence-corrected chi connectivity index (χ3v) is 6.54. The summed E-state index contributed by atoms with van der Waals surface area (Å²) in [4.78, 5) is 7.61. The number of benzene rings is 1. The Bertz CT molecular complexity index is 731. The predicted molar refractivity (Wildman–Crippen MR) is 98.1 cm³/mol. The smallest absolute Gasteiger partial charge is 0.0991 e. The zero-order valence-corrected chi connectivity index (χ0v) is 14.8. The lowest BCUT2D eigenvalue weighted by atomic mass is 9.96. The van der Waals surface area contributed by atoms with Crippen LogP contribution in [0.4, 0.5) is 0 Å². The van der Waals surface area contributed by atoms with Gasteiger partial charge in [0, 0.05) is 22.9 Å². The second-order valence-electron chi connectivity index (χ2n) is 7.01. The van der Waals surface area contributed by atoms with Gasteiger partial charge in [0.05, 0.1) is 22.3 Å². The van der Waals surface area contributed by atoms with Crippen LogP contribution in [0.1, 0.15) is 55.0 Å². The molecule has 0 radical (unpaired) electrons. The van der Waals surface area contributed by atoms with Crippen molar-refractivity contribution in [1.82, 2.24) is 9.88 Å². The molecule has 0 spiro atoms. The van der Waals surface area contributed by atoms with Gasteiger partial charge in [0.25, 0.3) is 0 Å². The zero-order chi connectivity index (χ0) is 16.4. The van der Waals surface area contributed by atoms with E-state index in [1.165, 1.54) is 56.6 Å². The number of rotatable bonds is 3. The average molecular weight is 337 g/mol. The summed E-state index contributed by atoms with van der Waals surface area (Å²) < 4.78 is 0. The number of likely N-dealkylation sites (tertiary alicyclic amines) is 1. The Morgan fingerprint density at radius 1 is 1.12 bits per heavy atom. The van der Waals surface area contributed by atoms with Gasteiger partial charge in [-0.2, -0.15) is 5.26 Å². The Labute approximate surface area is 148 Å². The summed E-state index contributed by atoms with van der Waals surface area (Å²) in [5.41, 5.74) is 2.78. The molecule has 2 heterocycles. The van der Waals surface area contributed by atoms with Crippen molar-refractivity contribution in [2.75, 3.05) is 13.1 Å². The van der Waals surface area contributed by atoms with Crippen molar-refractivity contribution in [3.63, 3.8) is 0 Å². The number of nitriles is 1. The van der Waals surface area contributed by atoms with Gasteiger partial charge < -0.3 is 4.90 Å². The Hall–Kier alpha value is -1.70. The van der Waals surface area contributed by atoms with E-state index in [1.54, 1.807) is 11.3 Å². The first-order chi connectivity index (χ1) is 11.8. The van der Waals surface area contributed by atoms with Gasteiger partial charge in [-0.05, 0) is 50.9 Å². The second kappa shape index (κ2) is 7.04. The molecule has 1 aromatic heterocycles. The van der Waals surface area contributed by atoms with E-state index in [0.717, 1.165) is 17.3 Å². The van der Waals surface area contributed by atoms with Crippen molar-refractivity contribution in [2.45, 2.75) is 50.5 Å². The molecule has 24 heavy (non-hydrogen) atoms. The second-order valence-corrected chi connectivity index (χ2v) is 7.90. The van der Waals surface area contributed by atoms with Gasteiger partial charge in [-0.1, -0.05) is 25.0 Å². The Morgan fingerprint density at radius 2 is 1.92 bits per heavy atom. The fourth-order valence-corrected chi connectivity index (χ4v) is 5.14. The van der Waals surface area contributed by atoms with Crippen molar-refractivity contribution in [2.24, 2.45) is 0 Å². The molecule has 0 amide bonds. The van der Waals surface area contributed by atoms with E-state index in [0.29, 0.717) is 11.5 Å². The van der Waals surface area contributed by atoms with Crippen LogP contribution in [-0.4, -0.2) is 29.0 Å². The molecule has 1 aliphatic carbocycles. The third kappa shape index (κ3) is 3.24. The number of piperidine rings is 1. The van der Waals surface area contributed by atoms with E-state index in [2.05, 4.69) is 16.3 Å². The van der Waals surface area contributed by atoms with Crippen LogP contribution in [0.3, 0.4) is 0 Å². The molecule has 1 saturated carbocycles. The highest BCUT2D eigenvalue weighted by Crippen LogP contribution is 2.35. The molecular formula is C20H23N3S. The summed E-state index contributed by atoms with van der Waals surface area (Å²) in [6.07, 6.45) is 8.12. The third-order valence-electron chi connectivity index (χ3n) is 5.53. The first kappa shape index (κ1) is 15.8. The number of thiazole rings is 1. The van der Waals surface area contributed by atoms with E-state index in [9.17, 15) is 0 Å². The highest BCUT2D eigenvalue weighted by Gasteiger charge is 2.28. The molecule has 4 heteroatoms. The molecule has 3 nitrogen and oxygen atoms in total. The van der Waals surface area contributed by atoms with Crippen LogP contribution >= 0.6 is 11.3 Å². The molecule has 2 fully saturated rings. The molecular weight excluding hydrogens is 314 g/mol. The lowest BCUT2D eigenvalue weighted by molar-refractivity contribution is 0.154. The highest BCUT2D eigenvalue weighted by molar-refractivity contribution is 7.10. The fraction of sp³-hybridized carbons (Fsp3) is 0.500. The molecule has 2 aromatic rings. The summed E-state index contributed by atoms with van der Waals surface area (Å²) in [7, 11) is 0. The fourth-order valence-electron chi connectivity index (χ4n) is 4.14. The summed E-state index contributed by atoms with van der Waals surface area (Å²) in [6.45, 7) is 2.46. The van der Waals surface area contributed by atoms with Gasteiger partial charge in [-0.3, -0.25) is 0 Å². The van der Waals surface area contributed by atoms with Crippen LogP contribution in [0.2, 0.25) is 0 Å². The zero-order valence-electron chi connectivity index (χ0n) is 13.9. The van der Waals surface area contributed by atoms with Crippen LogP contribution in [0.5, 0.6) is 0 Å². The van der Waals surface area contributed by atoms with Crippen LogP contribution in [-0.2, 0) is 0 Å². The van der Waals surface area contributed by atoms with Crippen LogP contribution in [0.25, 0.3) is 11.3 Å². The lowest BCUT2D eigenvalue weighted by Crippen LogP contribution is -2.39. The predicted octanol–water partition coefficient (Wildman–Crippen LogP) is 4.80. The first-order valence-electron chi connectivity index (χ1n) is 9.03. The van der Waals surface area contributed by atoms with Crippen LogP contribution in [0, 0.1) is 11.3 Å². The molecule has 0 unspecified atom stereocenters.